The van der Waals surface area contributed by atoms with E-state index in [4.69, 9.17) is 4.74 Å². The van der Waals surface area contributed by atoms with Crippen molar-refractivity contribution in [2.75, 3.05) is 13.2 Å². The molecule has 0 aliphatic carbocycles. The SMILES string of the molecule is CC(C)CC(=O)NCCC(C)(C)OCCC(C)(C)C. The van der Waals surface area contributed by atoms with Gasteiger partial charge in [-0.25, -0.2) is 0 Å². The van der Waals surface area contributed by atoms with Crippen molar-refractivity contribution in [1.29, 1.82) is 0 Å². The third-order valence-corrected chi connectivity index (χ3v) is 2.99. The first-order valence-electron chi connectivity index (χ1n) is 7.42. The number of ether oxygens (including phenoxy) is 1. The van der Waals surface area contributed by atoms with Gasteiger partial charge >= 0.3 is 0 Å². The molecule has 1 amide bonds. The van der Waals surface area contributed by atoms with Crippen molar-refractivity contribution in [3.63, 3.8) is 0 Å². The molecule has 0 saturated carbocycles. The van der Waals surface area contributed by atoms with E-state index in [1.54, 1.807) is 0 Å². The average Bonchev–Trinajstić information content (AvgIpc) is 2.12. The first-order valence-corrected chi connectivity index (χ1v) is 7.42. The van der Waals surface area contributed by atoms with Crippen LogP contribution < -0.4 is 5.32 Å². The molecule has 1 N–H and O–H groups in total. The summed E-state index contributed by atoms with van der Waals surface area (Å²) in [6.45, 7) is 16.4. The van der Waals surface area contributed by atoms with Crippen LogP contribution in [0.15, 0.2) is 0 Å². The molecule has 0 heterocycles. The fourth-order valence-electron chi connectivity index (χ4n) is 1.65. The predicted molar refractivity (Wildman–Crippen MR) is 81.2 cm³/mol. The Bertz CT molecular complexity index is 264. The molecule has 0 aliphatic heterocycles. The highest BCUT2D eigenvalue weighted by molar-refractivity contribution is 5.75. The molecule has 0 spiro atoms. The molecule has 0 aromatic heterocycles. The van der Waals surface area contributed by atoms with Crippen molar-refractivity contribution in [2.45, 2.75) is 73.3 Å². The lowest BCUT2D eigenvalue weighted by atomic mass is 9.93. The number of nitrogens with one attached hydrogen (secondary N) is 1. The van der Waals surface area contributed by atoms with E-state index in [1.165, 1.54) is 0 Å². The number of rotatable bonds is 8. The Kier molecular flexibility index (Phi) is 7.65. The normalized spacial score (nSPS) is 12.8. The van der Waals surface area contributed by atoms with Gasteiger partial charge in [-0.3, -0.25) is 4.79 Å². The summed E-state index contributed by atoms with van der Waals surface area (Å²) in [7, 11) is 0. The summed E-state index contributed by atoms with van der Waals surface area (Å²) in [6.07, 6.45) is 2.50. The van der Waals surface area contributed by atoms with E-state index >= 15 is 0 Å². The quantitative estimate of drug-likeness (QED) is 0.730. The van der Waals surface area contributed by atoms with Gasteiger partial charge in [0, 0.05) is 19.6 Å². The highest BCUT2D eigenvalue weighted by atomic mass is 16.5. The number of carbonyl (C=O) groups is 1. The van der Waals surface area contributed by atoms with Crippen LogP contribution >= 0.6 is 0 Å². The number of amides is 1. The van der Waals surface area contributed by atoms with Crippen molar-refractivity contribution >= 4 is 5.91 Å². The van der Waals surface area contributed by atoms with Crippen LogP contribution in [0.1, 0.15) is 67.7 Å². The van der Waals surface area contributed by atoms with Gasteiger partial charge in [0.2, 0.25) is 5.91 Å². The van der Waals surface area contributed by atoms with Gasteiger partial charge < -0.3 is 10.1 Å². The summed E-state index contributed by atoms with van der Waals surface area (Å²) >= 11 is 0. The Hall–Kier alpha value is -0.570. The summed E-state index contributed by atoms with van der Waals surface area (Å²) in [5.41, 5.74) is 0.137. The van der Waals surface area contributed by atoms with Crippen LogP contribution in [-0.4, -0.2) is 24.7 Å². The number of hydrogen-bond donors (Lipinski definition) is 1. The molecule has 0 unspecified atom stereocenters. The van der Waals surface area contributed by atoms with Crippen molar-refractivity contribution < 1.29 is 9.53 Å². The lowest BCUT2D eigenvalue weighted by molar-refractivity contribution is -0.122. The van der Waals surface area contributed by atoms with Crippen LogP contribution in [0.2, 0.25) is 0 Å². The molecular formula is C16H33NO2. The van der Waals surface area contributed by atoms with Crippen molar-refractivity contribution in [2.24, 2.45) is 11.3 Å². The molecule has 0 bridgehead atoms. The minimum atomic E-state index is -0.170. The molecule has 0 atom stereocenters. The molecule has 3 heteroatoms. The minimum Gasteiger partial charge on any atom is -0.375 e. The van der Waals surface area contributed by atoms with Gasteiger partial charge in [-0.1, -0.05) is 34.6 Å². The number of hydrogen-bond acceptors (Lipinski definition) is 2. The lowest BCUT2D eigenvalue weighted by Crippen LogP contribution is -2.33. The van der Waals surface area contributed by atoms with E-state index in [0.717, 1.165) is 19.4 Å². The molecule has 0 aromatic rings. The fourth-order valence-corrected chi connectivity index (χ4v) is 1.65. The largest absolute Gasteiger partial charge is 0.375 e. The van der Waals surface area contributed by atoms with E-state index in [9.17, 15) is 4.79 Å². The zero-order valence-electron chi connectivity index (χ0n) is 13.9. The maximum atomic E-state index is 11.5. The number of carbonyl (C=O) groups excluding carboxylic acids is 1. The molecule has 3 nitrogen and oxygen atoms in total. The Labute approximate surface area is 119 Å². The Morgan fingerprint density at radius 1 is 1.11 bits per heavy atom. The molecule has 0 fully saturated rings. The first kappa shape index (κ1) is 18.4. The van der Waals surface area contributed by atoms with Gasteiger partial charge in [0.25, 0.3) is 0 Å². The Balaban J connectivity index is 3.81. The standard InChI is InChI=1S/C16H33NO2/c1-13(2)12-14(18)17-10-8-16(6,7)19-11-9-15(3,4)5/h13H,8-12H2,1-7H3,(H,17,18). The topological polar surface area (TPSA) is 38.3 Å². The van der Waals surface area contributed by atoms with Crippen LogP contribution in [0.3, 0.4) is 0 Å². The fraction of sp³-hybridized carbons (Fsp3) is 0.938. The van der Waals surface area contributed by atoms with Gasteiger partial charge in [-0.15, -0.1) is 0 Å². The lowest BCUT2D eigenvalue weighted by Gasteiger charge is -2.28. The minimum absolute atomic E-state index is 0.139. The molecular weight excluding hydrogens is 238 g/mol. The Morgan fingerprint density at radius 3 is 2.16 bits per heavy atom. The van der Waals surface area contributed by atoms with Crippen molar-refractivity contribution in [3.05, 3.63) is 0 Å². The second kappa shape index (κ2) is 7.88. The molecule has 0 radical (unpaired) electrons. The molecule has 0 aliphatic rings. The second-order valence-electron chi connectivity index (χ2n) is 7.62. The zero-order chi connectivity index (χ0) is 15.1. The average molecular weight is 271 g/mol. The predicted octanol–water partition coefficient (Wildman–Crippen LogP) is 3.77. The van der Waals surface area contributed by atoms with Crippen LogP contribution in [0, 0.1) is 11.3 Å². The maximum absolute atomic E-state index is 11.5. The van der Waals surface area contributed by atoms with Crippen molar-refractivity contribution in [1.82, 2.24) is 5.32 Å². The van der Waals surface area contributed by atoms with E-state index < -0.39 is 0 Å². The summed E-state index contributed by atoms with van der Waals surface area (Å²) < 4.78 is 5.92. The summed E-state index contributed by atoms with van der Waals surface area (Å²) in [4.78, 5) is 11.5. The zero-order valence-corrected chi connectivity index (χ0v) is 13.9. The highest BCUT2D eigenvalue weighted by Gasteiger charge is 2.20. The molecule has 0 saturated heterocycles. The summed E-state index contributed by atoms with van der Waals surface area (Å²) in [5.74, 6) is 0.552. The monoisotopic (exact) mass is 271 g/mol. The van der Waals surface area contributed by atoms with Gasteiger partial charge in [0.15, 0.2) is 0 Å². The van der Waals surface area contributed by atoms with E-state index in [0.29, 0.717) is 24.3 Å². The van der Waals surface area contributed by atoms with E-state index in [1.807, 2.05) is 0 Å². The van der Waals surface area contributed by atoms with Gasteiger partial charge in [-0.05, 0) is 38.0 Å². The maximum Gasteiger partial charge on any atom is 0.220 e. The summed E-state index contributed by atoms with van der Waals surface area (Å²) in [5, 5.41) is 2.96. The highest BCUT2D eigenvalue weighted by Crippen LogP contribution is 2.21. The molecule has 0 aromatic carbocycles. The van der Waals surface area contributed by atoms with Crippen LogP contribution in [-0.2, 0) is 9.53 Å². The van der Waals surface area contributed by atoms with E-state index in [2.05, 4.69) is 53.8 Å². The van der Waals surface area contributed by atoms with Crippen LogP contribution in [0.25, 0.3) is 0 Å². The van der Waals surface area contributed by atoms with Crippen LogP contribution in [0.5, 0.6) is 0 Å². The van der Waals surface area contributed by atoms with Gasteiger partial charge in [0.05, 0.1) is 5.60 Å². The van der Waals surface area contributed by atoms with Crippen molar-refractivity contribution in [3.8, 4) is 0 Å². The third kappa shape index (κ3) is 12.2. The van der Waals surface area contributed by atoms with Crippen LogP contribution in [0.4, 0.5) is 0 Å². The molecule has 19 heavy (non-hydrogen) atoms. The third-order valence-electron chi connectivity index (χ3n) is 2.99. The molecule has 114 valence electrons. The van der Waals surface area contributed by atoms with Gasteiger partial charge in [0.1, 0.15) is 0 Å². The second-order valence-corrected chi connectivity index (χ2v) is 7.62. The summed E-state index contributed by atoms with van der Waals surface area (Å²) in [6, 6.07) is 0. The molecule has 0 rings (SSSR count). The smallest absolute Gasteiger partial charge is 0.220 e. The van der Waals surface area contributed by atoms with Gasteiger partial charge in [-0.2, -0.15) is 0 Å². The first-order chi connectivity index (χ1) is 8.52. The Morgan fingerprint density at radius 2 is 1.68 bits per heavy atom. The van der Waals surface area contributed by atoms with E-state index in [-0.39, 0.29) is 11.5 Å².